The van der Waals surface area contributed by atoms with Crippen LogP contribution < -0.4 is 0 Å². The molecule has 0 saturated heterocycles. The molecule has 2 nitrogen and oxygen atoms in total. The van der Waals surface area contributed by atoms with Gasteiger partial charge in [0.1, 0.15) is 0 Å². The second-order valence-corrected chi connectivity index (χ2v) is 7.06. The summed E-state index contributed by atoms with van der Waals surface area (Å²) in [6, 6.07) is 12.8. The van der Waals surface area contributed by atoms with E-state index >= 15 is 0 Å². The van der Waals surface area contributed by atoms with Crippen LogP contribution in [0.25, 0.3) is 0 Å². The second-order valence-electron chi connectivity index (χ2n) is 7.06. The average molecular weight is 322 g/mol. The fraction of sp³-hybridized carbons (Fsp3) is 0.455. The summed E-state index contributed by atoms with van der Waals surface area (Å²) in [5, 5.41) is 0. The third kappa shape index (κ3) is 4.31. The van der Waals surface area contributed by atoms with Gasteiger partial charge in [-0.25, -0.2) is 0 Å². The summed E-state index contributed by atoms with van der Waals surface area (Å²) in [6.45, 7) is 13.2. The molecule has 0 aliphatic heterocycles. The minimum atomic E-state index is 0.453. The third-order valence-electron chi connectivity index (χ3n) is 4.31. The third-order valence-corrected chi connectivity index (χ3v) is 4.31. The molecule has 0 fully saturated rings. The van der Waals surface area contributed by atoms with Crippen LogP contribution in [0.1, 0.15) is 82.3 Å². The van der Waals surface area contributed by atoms with E-state index in [0.29, 0.717) is 11.8 Å². The Morgan fingerprint density at radius 1 is 0.958 bits per heavy atom. The molecule has 0 atom stereocenters. The predicted molar refractivity (Wildman–Crippen MR) is 105 cm³/mol. The summed E-state index contributed by atoms with van der Waals surface area (Å²) >= 11 is 0. The fourth-order valence-corrected chi connectivity index (χ4v) is 2.94. The number of aryl methyl sites for hydroxylation is 1. The highest BCUT2D eigenvalue weighted by atomic mass is 14.8. The summed E-state index contributed by atoms with van der Waals surface area (Å²) in [5.41, 5.74) is 6.86. The van der Waals surface area contributed by atoms with Gasteiger partial charge in [0.2, 0.25) is 0 Å². The van der Waals surface area contributed by atoms with Crippen LogP contribution in [0.3, 0.4) is 0 Å². The SMILES string of the molecule is CCCc1cccc(C(C)=Nc2c(C(C)C)cccc2C(C)C)n1. The van der Waals surface area contributed by atoms with E-state index in [2.05, 4.69) is 77.9 Å². The minimum absolute atomic E-state index is 0.453. The molecular weight excluding hydrogens is 292 g/mol. The highest BCUT2D eigenvalue weighted by molar-refractivity contribution is 5.99. The van der Waals surface area contributed by atoms with Crippen molar-refractivity contribution in [3.05, 3.63) is 58.9 Å². The number of hydrogen-bond acceptors (Lipinski definition) is 2. The van der Waals surface area contributed by atoms with Crippen LogP contribution in [0.15, 0.2) is 41.4 Å². The van der Waals surface area contributed by atoms with Crippen LogP contribution in [0.2, 0.25) is 0 Å². The van der Waals surface area contributed by atoms with E-state index in [1.807, 2.05) is 0 Å². The molecule has 1 aromatic heterocycles. The Kier molecular flexibility index (Phi) is 6.30. The summed E-state index contributed by atoms with van der Waals surface area (Å²) in [5.74, 6) is 0.907. The highest BCUT2D eigenvalue weighted by Gasteiger charge is 2.14. The minimum Gasteiger partial charge on any atom is -0.252 e. The lowest BCUT2D eigenvalue weighted by Crippen LogP contribution is -2.03. The van der Waals surface area contributed by atoms with E-state index in [1.165, 1.54) is 11.1 Å². The Morgan fingerprint density at radius 3 is 2.08 bits per heavy atom. The van der Waals surface area contributed by atoms with Crippen LogP contribution in [0.4, 0.5) is 5.69 Å². The van der Waals surface area contributed by atoms with Gasteiger partial charge in [-0.1, -0.05) is 65.3 Å². The molecule has 2 rings (SSSR count). The van der Waals surface area contributed by atoms with Crippen molar-refractivity contribution >= 4 is 11.4 Å². The van der Waals surface area contributed by atoms with Crippen LogP contribution in [0.5, 0.6) is 0 Å². The van der Waals surface area contributed by atoms with Crippen molar-refractivity contribution < 1.29 is 0 Å². The lowest BCUT2D eigenvalue weighted by Gasteiger charge is -2.17. The lowest BCUT2D eigenvalue weighted by molar-refractivity contribution is 0.834. The zero-order valence-corrected chi connectivity index (χ0v) is 15.9. The van der Waals surface area contributed by atoms with Crippen molar-refractivity contribution in [3.8, 4) is 0 Å². The van der Waals surface area contributed by atoms with Crippen molar-refractivity contribution in [2.45, 2.75) is 66.2 Å². The molecule has 0 unspecified atom stereocenters. The number of aromatic nitrogens is 1. The first kappa shape index (κ1) is 18.4. The van der Waals surface area contributed by atoms with Crippen molar-refractivity contribution in [2.24, 2.45) is 4.99 Å². The number of pyridine rings is 1. The largest absolute Gasteiger partial charge is 0.252 e. The number of rotatable bonds is 6. The molecular formula is C22H30N2. The smallest absolute Gasteiger partial charge is 0.0845 e. The van der Waals surface area contributed by atoms with Gasteiger partial charge >= 0.3 is 0 Å². The molecule has 1 heterocycles. The van der Waals surface area contributed by atoms with E-state index in [0.717, 1.165) is 35.6 Å². The highest BCUT2D eigenvalue weighted by Crippen LogP contribution is 2.35. The van der Waals surface area contributed by atoms with Crippen LogP contribution in [0, 0.1) is 0 Å². The van der Waals surface area contributed by atoms with Crippen LogP contribution in [-0.4, -0.2) is 10.7 Å². The van der Waals surface area contributed by atoms with E-state index < -0.39 is 0 Å². The first-order chi connectivity index (χ1) is 11.4. The summed E-state index contributed by atoms with van der Waals surface area (Å²) in [7, 11) is 0. The fourth-order valence-electron chi connectivity index (χ4n) is 2.94. The molecule has 2 heteroatoms. The van der Waals surface area contributed by atoms with E-state index in [1.54, 1.807) is 0 Å². The second kappa shape index (κ2) is 8.23. The average Bonchev–Trinajstić information content (AvgIpc) is 2.55. The normalized spacial score (nSPS) is 12.2. The van der Waals surface area contributed by atoms with Gasteiger partial charge in [0.05, 0.1) is 17.1 Å². The van der Waals surface area contributed by atoms with Gasteiger partial charge in [-0.3, -0.25) is 9.98 Å². The first-order valence-corrected chi connectivity index (χ1v) is 9.08. The van der Waals surface area contributed by atoms with E-state index in [4.69, 9.17) is 9.98 Å². The Balaban J connectivity index is 2.51. The molecule has 0 amide bonds. The summed E-state index contributed by atoms with van der Waals surface area (Å²) < 4.78 is 0. The van der Waals surface area contributed by atoms with Gasteiger partial charge in [0.15, 0.2) is 0 Å². The molecule has 0 saturated carbocycles. The quantitative estimate of drug-likeness (QED) is 0.563. The van der Waals surface area contributed by atoms with Gasteiger partial charge in [0.25, 0.3) is 0 Å². The van der Waals surface area contributed by atoms with Crippen LogP contribution in [-0.2, 0) is 6.42 Å². The molecule has 128 valence electrons. The van der Waals surface area contributed by atoms with E-state index in [9.17, 15) is 0 Å². The standard InChI is InChI=1S/C22H30N2/c1-7-10-18-11-8-14-21(24-18)17(6)23-22-19(15(2)3)12-9-13-20(22)16(4)5/h8-9,11-16H,7,10H2,1-6H3. The topological polar surface area (TPSA) is 25.2 Å². The Labute approximate surface area is 147 Å². The van der Waals surface area contributed by atoms with Gasteiger partial charge in [-0.15, -0.1) is 0 Å². The zero-order valence-electron chi connectivity index (χ0n) is 15.9. The van der Waals surface area contributed by atoms with Crippen molar-refractivity contribution in [3.63, 3.8) is 0 Å². The molecule has 0 aliphatic rings. The lowest BCUT2D eigenvalue weighted by atomic mass is 9.93. The number of nitrogens with zero attached hydrogens (tertiary/aromatic N) is 2. The number of hydrogen-bond donors (Lipinski definition) is 0. The van der Waals surface area contributed by atoms with Crippen molar-refractivity contribution in [2.75, 3.05) is 0 Å². The Hall–Kier alpha value is -1.96. The van der Waals surface area contributed by atoms with E-state index in [-0.39, 0.29) is 0 Å². The van der Waals surface area contributed by atoms with Gasteiger partial charge in [-0.2, -0.15) is 0 Å². The Morgan fingerprint density at radius 2 is 1.54 bits per heavy atom. The number of para-hydroxylation sites is 1. The molecule has 2 aromatic rings. The molecule has 0 spiro atoms. The maximum absolute atomic E-state index is 5.03. The van der Waals surface area contributed by atoms with Crippen molar-refractivity contribution in [1.82, 2.24) is 4.98 Å². The van der Waals surface area contributed by atoms with Crippen LogP contribution >= 0.6 is 0 Å². The number of benzene rings is 1. The monoisotopic (exact) mass is 322 g/mol. The molecule has 0 N–H and O–H groups in total. The molecule has 0 aliphatic carbocycles. The number of aliphatic imine (C=N–C) groups is 1. The zero-order chi connectivity index (χ0) is 17.7. The maximum atomic E-state index is 5.03. The summed E-state index contributed by atoms with van der Waals surface area (Å²) in [6.07, 6.45) is 2.13. The van der Waals surface area contributed by atoms with Gasteiger partial charge in [0, 0.05) is 5.69 Å². The molecule has 0 radical (unpaired) electrons. The van der Waals surface area contributed by atoms with Gasteiger partial charge in [-0.05, 0) is 48.4 Å². The molecule has 24 heavy (non-hydrogen) atoms. The maximum Gasteiger partial charge on any atom is 0.0845 e. The first-order valence-electron chi connectivity index (χ1n) is 9.08. The van der Waals surface area contributed by atoms with Gasteiger partial charge < -0.3 is 0 Å². The van der Waals surface area contributed by atoms with Crippen molar-refractivity contribution in [1.29, 1.82) is 0 Å². The summed E-state index contributed by atoms with van der Waals surface area (Å²) in [4.78, 5) is 9.80. The molecule has 1 aromatic carbocycles. The molecule has 0 bridgehead atoms. The Bertz CT molecular complexity index is 685. The predicted octanol–water partition coefficient (Wildman–Crippen LogP) is 6.42.